The van der Waals surface area contributed by atoms with Crippen LogP contribution in [0.3, 0.4) is 0 Å². The molecule has 160 valence electrons. The molecule has 0 aliphatic rings. The number of pyridine rings is 1. The van der Waals surface area contributed by atoms with Crippen LogP contribution in [0.5, 0.6) is 0 Å². The summed E-state index contributed by atoms with van der Waals surface area (Å²) in [6.45, 7) is 2.18. The van der Waals surface area contributed by atoms with Gasteiger partial charge in [-0.1, -0.05) is 17.7 Å². The van der Waals surface area contributed by atoms with Gasteiger partial charge >= 0.3 is 0 Å². The van der Waals surface area contributed by atoms with Crippen LogP contribution in [0.1, 0.15) is 17.0 Å². The van der Waals surface area contributed by atoms with Gasteiger partial charge in [-0.2, -0.15) is 15.2 Å². The fourth-order valence-corrected chi connectivity index (χ4v) is 3.61. The number of aromatic nitrogens is 5. The third kappa shape index (κ3) is 3.89. The van der Waals surface area contributed by atoms with Crippen molar-refractivity contribution >= 4 is 40.1 Å². The molecule has 0 unspecified atom stereocenters. The number of nitrogens with two attached hydrogens (primary N) is 2. The van der Waals surface area contributed by atoms with Crippen LogP contribution in [0, 0.1) is 18.3 Å². The Labute approximate surface area is 187 Å². The van der Waals surface area contributed by atoms with Gasteiger partial charge in [-0.3, -0.25) is 14.3 Å². The van der Waals surface area contributed by atoms with Crippen molar-refractivity contribution < 1.29 is 0 Å². The SMILES string of the molecule is Cc1cncc(-n2c(CCNc3nc(N)nc(N)c3C#N)nc3cccc(Cl)c3c2=O)c1. The van der Waals surface area contributed by atoms with Crippen LogP contribution in [0.2, 0.25) is 5.02 Å². The summed E-state index contributed by atoms with van der Waals surface area (Å²) in [5.74, 6) is 0.638. The van der Waals surface area contributed by atoms with E-state index >= 15 is 0 Å². The third-order valence-corrected chi connectivity index (χ3v) is 5.06. The first-order valence-corrected chi connectivity index (χ1v) is 9.96. The molecule has 0 fully saturated rings. The van der Waals surface area contributed by atoms with Gasteiger partial charge in [0, 0.05) is 19.2 Å². The molecular weight excluding hydrogens is 430 g/mol. The molecule has 0 aliphatic heterocycles. The van der Waals surface area contributed by atoms with Gasteiger partial charge in [0.15, 0.2) is 5.82 Å². The fraction of sp³-hybridized carbons (Fsp3) is 0.143. The first kappa shape index (κ1) is 21.0. The first-order valence-electron chi connectivity index (χ1n) is 9.58. The monoisotopic (exact) mass is 447 g/mol. The highest BCUT2D eigenvalue weighted by Crippen LogP contribution is 2.21. The number of nitriles is 1. The number of aryl methyl sites for hydroxylation is 1. The zero-order valence-corrected chi connectivity index (χ0v) is 17.8. The number of anilines is 3. The summed E-state index contributed by atoms with van der Waals surface area (Å²) in [4.78, 5) is 30.1. The normalized spacial score (nSPS) is 10.8. The maximum absolute atomic E-state index is 13.4. The van der Waals surface area contributed by atoms with Crippen molar-refractivity contribution in [1.29, 1.82) is 5.26 Å². The number of rotatable bonds is 5. The van der Waals surface area contributed by atoms with Gasteiger partial charge in [0.05, 0.1) is 27.8 Å². The molecule has 0 amide bonds. The van der Waals surface area contributed by atoms with E-state index < -0.39 is 0 Å². The Morgan fingerprint density at radius 2 is 2.03 bits per heavy atom. The minimum absolute atomic E-state index is 0.0104. The lowest BCUT2D eigenvalue weighted by Crippen LogP contribution is -2.26. The lowest BCUT2D eigenvalue weighted by Gasteiger charge is -2.15. The van der Waals surface area contributed by atoms with Gasteiger partial charge < -0.3 is 16.8 Å². The molecule has 0 aliphatic carbocycles. The summed E-state index contributed by atoms with van der Waals surface area (Å²) in [7, 11) is 0. The Bertz CT molecular complexity index is 1440. The summed E-state index contributed by atoms with van der Waals surface area (Å²) < 4.78 is 1.49. The number of halogens is 1. The lowest BCUT2D eigenvalue weighted by molar-refractivity contribution is 0.805. The molecule has 3 heterocycles. The average Bonchev–Trinajstić information content (AvgIpc) is 2.73. The van der Waals surface area contributed by atoms with Crippen molar-refractivity contribution in [2.24, 2.45) is 0 Å². The second-order valence-electron chi connectivity index (χ2n) is 7.00. The Morgan fingerprint density at radius 3 is 2.78 bits per heavy atom. The zero-order valence-electron chi connectivity index (χ0n) is 17.0. The highest BCUT2D eigenvalue weighted by atomic mass is 35.5. The molecule has 3 aromatic heterocycles. The predicted molar refractivity (Wildman–Crippen MR) is 123 cm³/mol. The van der Waals surface area contributed by atoms with Crippen LogP contribution >= 0.6 is 11.6 Å². The third-order valence-electron chi connectivity index (χ3n) is 4.74. The van der Waals surface area contributed by atoms with Gasteiger partial charge in [-0.05, 0) is 30.7 Å². The molecule has 0 radical (unpaired) electrons. The number of benzene rings is 1. The van der Waals surface area contributed by atoms with Crippen LogP contribution in [0.15, 0.2) is 41.5 Å². The summed E-state index contributed by atoms with van der Waals surface area (Å²) in [5.41, 5.74) is 13.2. The van der Waals surface area contributed by atoms with E-state index in [1.54, 1.807) is 30.6 Å². The van der Waals surface area contributed by atoms with Crippen molar-refractivity contribution in [1.82, 2.24) is 24.5 Å². The standard InChI is InChI=1S/C21H18ClN9O/c1-11-7-12(10-26-9-11)31-16(28-15-4-2-3-14(22)17(15)20(31)32)5-6-27-19-13(8-23)18(24)29-21(25)30-19/h2-4,7,9-10H,5-6H2,1H3,(H5,24,25,27,29,30). The molecule has 10 nitrogen and oxygen atoms in total. The van der Waals surface area contributed by atoms with Crippen LogP contribution in [-0.2, 0) is 6.42 Å². The van der Waals surface area contributed by atoms with E-state index in [0.717, 1.165) is 5.56 Å². The van der Waals surface area contributed by atoms with Gasteiger partial charge in [0.1, 0.15) is 23.3 Å². The number of nitrogens with zero attached hydrogens (tertiary/aromatic N) is 6. The molecule has 0 bridgehead atoms. The molecule has 0 saturated heterocycles. The van der Waals surface area contributed by atoms with Crippen molar-refractivity contribution in [2.75, 3.05) is 23.3 Å². The largest absolute Gasteiger partial charge is 0.382 e. The smallest absolute Gasteiger partial charge is 0.267 e. The summed E-state index contributed by atoms with van der Waals surface area (Å²) in [6, 6.07) is 8.93. The van der Waals surface area contributed by atoms with E-state index in [0.29, 0.717) is 40.4 Å². The Kier molecular flexibility index (Phi) is 5.57. The quantitative estimate of drug-likeness (QED) is 0.416. The topological polar surface area (TPSA) is 161 Å². The van der Waals surface area contributed by atoms with Gasteiger partial charge in [-0.15, -0.1) is 0 Å². The zero-order chi connectivity index (χ0) is 22.8. The second-order valence-corrected chi connectivity index (χ2v) is 7.41. The van der Waals surface area contributed by atoms with E-state index in [-0.39, 0.29) is 28.7 Å². The number of nitrogen functional groups attached to an aromatic ring is 2. The molecule has 1 aromatic carbocycles. The molecule has 5 N–H and O–H groups in total. The summed E-state index contributed by atoms with van der Waals surface area (Å²) in [6.07, 6.45) is 3.61. The highest BCUT2D eigenvalue weighted by molar-refractivity contribution is 6.35. The Hall–Kier alpha value is -4.23. The van der Waals surface area contributed by atoms with Crippen LogP contribution < -0.4 is 22.3 Å². The first-order chi connectivity index (χ1) is 15.4. The van der Waals surface area contributed by atoms with E-state index in [2.05, 4.69) is 25.3 Å². The summed E-state index contributed by atoms with van der Waals surface area (Å²) >= 11 is 6.30. The molecule has 4 rings (SSSR count). The van der Waals surface area contributed by atoms with Crippen molar-refractivity contribution in [3.8, 4) is 11.8 Å². The molecule has 11 heteroatoms. The Balaban J connectivity index is 1.77. The minimum Gasteiger partial charge on any atom is -0.382 e. The van der Waals surface area contributed by atoms with Crippen molar-refractivity contribution in [2.45, 2.75) is 13.3 Å². The van der Waals surface area contributed by atoms with Crippen LogP contribution in [0.4, 0.5) is 17.6 Å². The van der Waals surface area contributed by atoms with Gasteiger partial charge in [-0.25, -0.2) is 4.98 Å². The highest BCUT2D eigenvalue weighted by Gasteiger charge is 2.16. The number of hydrogen-bond acceptors (Lipinski definition) is 9. The van der Waals surface area contributed by atoms with Crippen molar-refractivity contribution in [3.63, 3.8) is 0 Å². The number of fused-ring (bicyclic) bond motifs is 1. The maximum atomic E-state index is 13.4. The predicted octanol–water partition coefficient (Wildman–Crippen LogP) is 2.22. The maximum Gasteiger partial charge on any atom is 0.267 e. The van der Waals surface area contributed by atoms with E-state index in [1.807, 2.05) is 19.1 Å². The molecule has 0 atom stereocenters. The molecule has 0 spiro atoms. The number of hydrogen-bond donors (Lipinski definition) is 3. The summed E-state index contributed by atoms with van der Waals surface area (Å²) in [5, 5.41) is 13.0. The van der Waals surface area contributed by atoms with Crippen LogP contribution in [-0.4, -0.2) is 31.0 Å². The second kappa shape index (κ2) is 8.49. The Morgan fingerprint density at radius 1 is 1.22 bits per heavy atom. The molecule has 32 heavy (non-hydrogen) atoms. The van der Waals surface area contributed by atoms with E-state index in [9.17, 15) is 10.1 Å². The number of nitrogens with one attached hydrogen (secondary N) is 1. The van der Waals surface area contributed by atoms with Crippen LogP contribution in [0.25, 0.3) is 16.6 Å². The van der Waals surface area contributed by atoms with Gasteiger partial charge in [0.25, 0.3) is 5.56 Å². The lowest BCUT2D eigenvalue weighted by atomic mass is 10.2. The van der Waals surface area contributed by atoms with E-state index in [4.69, 9.17) is 23.1 Å². The molecule has 0 saturated carbocycles. The van der Waals surface area contributed by atoms with Crippen molar-refractivity contribution in [3.05, 3.63) is 69.0 Å². The average molecular weight is 448 g/mol. The molecular formula is C21H18ClN9O. The fourth-order valence-electron chi connectivity index (χ4n) is 3.36. The van der Waals surface area contributed by atoms with E-state index in [1.165, 1.54) is 4.57 Å². The molecule has 4 aromatic rings. The van der Waals surface area contributed by atoms with Gasteiger partial charge in [0.2, 0.25) is 5.95 Å². The minimum atomic E-state index is -0.295.